The van der Waals surface area contributed by atoms with E-state index in [0.717, 1.165) is 34.0 Å². The fourth-order valence-electron chi connectivity index (χ4n) is 5.32. The van der Waals surface area contributed by atoms with Crippen LogP contribution < -0.4 is 19.7 Å². The van der Waals surface area contributed by atoms with Gasteiger partial charge in [-0.05, 0) is 74.1 Å². The first kappa shape index (κ1) is 26.2. The van der Waals surface area contributed by atoms with Crippen LogP contribution in [0.2, 0.25) is 0 Å². The molecule has 1 N–H and O–H groups in total. The lowest BCUT2D eigenvalue weighted by molar-refractivity contribution is 0.0600. The van der Waals surface area contributed by atoms with Crippen LogP contribution in [0.3, 0.4) is 0 Å². The van der Waals surface area contributed by atoms with Crippen LogP contribution in [0.15, 0.2) is 72.9 Å². The molecule has 9 heteroatoms. The van der Waals surface area contributed by atoms with E-state index in [2.05, 4.69) is 25.8 Å². The highest BCUT2D eigenvalue weighted by Gasteiger charge is 2.43. The monoisotopic (exact) mass is 542 g/mol. The van der Waals surface area contributed by atoms with E-state index in [-0.39, 0.29) is 12.1 Å². The van der Waals surface area contributed by atoms with Gasteiger partial charge in [-0.3, -0.25) is 4.98 Å². The number of thiocarbonyl (C=S) groups is 1. The quantitative estimate of drug-likeness (QED) is 0.243. The molecular weight excluding hydrogens is 512 g/mol. The van der Waals surface area contributed by atoms with Gasteiger partial charge in [0, 0.05) is 23.7 Å². The molecule has 39 heavy (non-hydrogen) atoms. The van der Waals surface area contributed by atoms with Crippen molar-refractivity contribution in [3.05, 3.63) is 101 Å². The highest BCUT2D eigenvalue weighted by Crippen LogP contribution is 2.47. The minimum absolute atomic E-state index is 0.251. The van der Waals surface area contributed by atoms with Gasteiger partial charge in [0.15, 0.2) is 5.11 Å². The van der Waals surface area contributed by atoms with Crippen LogP contribution >= 0.6 is 12.2 Å². The van der Waals surface area contributed by atoms with E-state index in [1.165, 1.54) is 7.11 Å². The minimum Gasteiger partial charge on any atom is -0.497 e. The average molecular weight is 543 g/mol. The van der Waals surface area contributed by atoms with Crippen molar-refractivity contribution in [1.29, 1.82) is 0 Å². The van der Waals surface area contributed by atoms with Crippen LogP contribution in [0.1, 0.15) is 45.1 Å². The van der Waals surface area contributed by atoms with Gasteiger partial charge in [0.2, 0.25) is 0 Å². The molecule has 0 bridgehead atoms. The summed E-state index contributed by atoms with van der Waals surface area (Å²) in [7, 11) is 4.66. The number of nitrogens with one attached hydrogen (secondary N) is 1. The van der Waals surface area contributed by atoms with Crippen LogP contribution in [-0.2, 0) is 4.74 Å². The van der Waals surface area contributed by atoms with Gasteiger partial charge in [-0.1, -0.05) is 18.2 Å². The molecule has 0 amide bonds. The van der Waals surface area contributed by atoms with Crippen LogP contribution in [-0.4, -0.2) is 42.0 Å². The fraction of sp³-hybridized carbons (Fsp3) is 0.233. The molecule has 1 fully saturated rings. The molecule has 3 heterocycles. The predicted octanol–water partition coefficient (Wildman–Crippen LogP) is 5.47. The second kappa shape index (κ2) is 10.8. The molecule has 0 saturated carbocycles. The van der Waals surface area contributed by atoms with Crippen LogP contribution in [0.5, 0.6) is 11.5 Å². The fourth-order valence-corrected chi connectivity index (χ4v) is 5.66. The summed E-state index contributed by atoms with van der Waals surface area (Å²) in [5.41, 5.74) is 5.83. The number of anilines is 1. The molecule has 4 aromatic rings. The van der Waals surface area contributed by atoms with Crippen LogP contribution in [0, 0.1) is 13.8 Å². The number of esters is 1. The summed E-state index contributed by atoms with van der Waals surface area (Å²) in [5.74, 6) is 0.958. The smallest absolute Gasteiger partial charge is 0.339 e. The third-order valence-corrected chi connectivity index (χ3v) is 7.40. The van der Waals surface area contributed by atoms with Gasteiger partial charge < -0.3 is 29.0 Å². The summed E-state index contributed by atoms with van der Waals surface area (Å²) < 4.78 is 18.5. The lowest BCUT2D eigenvalue weighted by Gasteiger charge is -2.29. The summed E-state index contributed by atoms with van der Waals surface area (Å²) in [6.45, 7) is 4.08. The molecule has 1 saturated heterocycles. The van der Waals surface area contributed by atoms with Gasteiger partial charge in [-0.25, -0.2) is 4.79 Å². The summed E-state index contributed by atoms with van der Waals surface area (Å²) in [5, 5.41) is 4.05. The number of rotatable bonds is 7. The number of carbonyl (C=O) groups is 1. The molecule has 8 nitrogen and oxygen atoms in total. The Morgan fingerprint density at radius 1 is 0.949 bits per heavy atom. The zero-order valence-electron chi connectivity index (χ0n) is 22.5. The Balaban J connectivity index is 1.73. The van der Waals surface area contributed by atoms with E-state index in [9.17, 15) is 4.79 Å². The second-order valence-corrected chi connectivity index (χ2v) is 9.59. The molecule has 0 spiro atoms. The zero-order valence-corrected chi connectivity index (χ0v) is 23.3. The number of pyridine rings is 1. The maximum atomic E-state index is 12.6. The van der Waals surface area contributed by atoms with E-state index < -0.39 is 5.97 Å². The van der Waals surface area contributed by atoms with Crippen molar-refractivity contribution < 1.29 is 19.0 Å². The highest BCUT2D eigenvalue weighted by atomic mass is 32.1. The molecule has 1 aliphatic rings. The molecular formula is C30H30N4O4S. The normalized spacial score (nSPS) is 16.6. The van der Waals surface area contributed by atoms with Crippen LogP contribution in [0.4, 0.5) is 5.69 Å². The Morgan fingerprint density at radius 3 is 2.41 bits per heavy atom. The lowest BCUT2D eigenvalue weighted by atomic mass is 9.96. The molecule has 1 aliphatic heterocycles. The van der Waals surface area contributed by atoms with Crippen molar-refractivity contribution in [2.75, 3.05) is 26.2 Å². The summed E-state index contributed by atoms with van der Waals surface area (Å²) in [6.07, 6.45) is 1.78. The molecule has 2 aromatic heterocycles. The maximum Gasteiger partial charge on any atom is 0.339 e. The number of carbonyl (C=O) groups excluding carboxylic acids is 1. The van der Waals surface area contributed by atoms with E-state index in [4.69, 9.17) is 26.4 Å². The van der Waals surface area contributed by atoms with Gasteiger partial charge >= 0.3 is 5.97 Å². The Hall–Kier alpha value is -4.37. The number of hydrogen-bond acceptors (Lipinski definition) is 6. The summed E-state index contributed by atoms with van der Waals surface area (Å²) in [6, 6.07) is 20.6. The summed E-state index contributed by atoms with van der Waals surface area (Å²) >= 11 is 5.93. The topological polar surface area (TPSA) is 77.9 Å². The second-order valence-electron chi connectivity index (χ2n) is 9.20. The van der Waals surface area contributed by atoms with Crippen molar-refractivity contribution in [3.8, 4) is 17.2 Å². The molecule has 0 radical (unpaired) electrons. The highest BCUT2D eigenvalue weighted by molar-refractivity contribution is 7.80. The minimum atomic E-state index is -0.391. The van der Waals surface area contributed by atoms with E-state index in [1.807, 2.05) is 68.4 Å². The third kappa shape index (κ3) is 4.59. The zero-order chi connectivity index (χ0) is 27.7. The number of aromatic nitrogens is 2. The van der Waals surface area contributed by atoms with Crippen molar-refractivity contribution in [1.82, 2.24) is 14.9 Å². The number of ether oxygens (including phenoxy) is 3. The van der Waals surface area contributed by atoms with Crippen LogP contribution in [0.25, 0.3) is 5.69 Å². The number of nitrogens with zero attached hydrogens (tertiary/aromatic N) is 3. The summed E-state index contributed by atoms with van der Waals surface area (Å²) in [4.78, 5) is 19.4. The first-order valence-corrected chi connectivity index (χ1v) is 12.9. The first-order chi connectivity index (χ1) is 18.9. The standard InChI is InChI=1S/C30H30N4O4S/c1-18-16-22(19(2)33(18)24-12-7-6-10-21(24)29(35)38-5)28-27(23-11-8-9-15-31-23)32-30(39)34(28)25-17-20(36-3)13-14-26(25)37-4/h6-17,27-28H,1-5H3,(H,32,39)/t27-,28-/m1/s1. The van der Waals surface area contributed by atoms with Gasteiger partial charge in [-0.2, -0.15) is 0 Å². The SMILES string of the molecule is COC(=O)c1ccccc1-n1c(C)cc([C@@H]2[C@@H](c3ccccn3)NC(=S)N2c2cc(OC)ccc2OC)c1C. The van der Waals surface area contributed by atoms with Crippen molar-refractivity contribution in [2.45, 2.75) is 25.9 Å². The predicted molar refractivity (Wildman–Crippen MR) is 154 cm³/mol. The molecule has 2 atom stereocenters. The van der Waals surface area contributed by atoms with E-state index in [1.54, 1.807) is 26.5 Å². The lowest BCUT2D eigenvalue weighted by Crippen LogP contribution is -2.30. The van der Waals surface area contributed by atoms with Crippen molar-refractivity contribution >= 4 is 29.0 Å². The van der Waals surface area contributed by atoms with Gasteiger partial charge in [0.25, 0.3) is 0 Å². The molecule has 0 aliphatic carbocycles. The van der Waals surface area contributed by atoms with Crippen molar-refractivity contribution in [2.24, 2.45) is 0 Å². The van der Waals surface area contributed by atoms with E-state index >= 15 is 0 Å². The third-order valence-electron chi connectivity index (χ3n) is 7.08. The number of hydrogen-bond donors (Lipinski definition) is 1. The van der Waals surface area contributed by atoms with Gasteiger partial charge in [0.1, 0.15) is 11.5 Å². The largest absolute Gasteiger partial charge is 0.497 e. The maximum absolute atomic E-state index is 12.6. The van der Waals surface area contributed by atoms with Crippen molar-refractivity contribution in [3.63, 3.8) is 0 Å². The van der Waals surface area contributed by atoms with Gasteiger partial charge in [-0.15, -0.1) is 0 Å². The number of benzene rings is 2. The number of methoxy groups -OCH3 is 3. The Labute approximate surface area is 233 Å². The Bertz CT molecular complexity index is 1540. The number of para-hydroxylation sites is 1. The first-order valence-electron chi connectivity index (χ1n) is 12.5. The molecule has 200 valence electrons. The molecule has 2 aromatic carbocycles. The Kier molecular flexibility index (Phi) is 7.26. The Morgan fingerprint density at radius 2 is 1.72 bits per heavy atom. The molecule has 0 unspecified atom stereocenters. The van der Waals surface area contributed by atoms with E-state index in [0.29, 0.717) is 22.2 Å². The van der Waals surface area contributed by atoms with Gasteiger partial charge in [0.05, 0.1) is 56.0 Å². The average Bonchev–Trinajstić information content (AvgIpc) is 3.46. The molecule has 5 rings (SSSR count). The number of aryl methyl sites for hydroxylation is 1.